The Balaban J connectivity index is 2.13. The third-order valence-electron chi connectivity index (χ3n) is 3.43. The molecule has 0 radical (unpaired) electrons. The van der Waals surface area contributed by atoms with Gasteiger partial charge in [-0.3, -0.25) is 0 Å². The normalized spacial score (nSPS) is 11.1. The molecular weight excluding hydrogens is 282 g/mol. The van der Waals surface area contributed by atoms with E-state index in [4.69, 9.17) is 0 Å². The van der Waals surface area contributed by atoms with Crippen LogP contribution in [-0.4, -0.2) is 24.7 Å². The van der Waals surface area contributed by atoms with Crippen molar-refractivity contribution in [1.29, 1.82) is 0 Å². The first-order valence-corrected chi connectivity index (χ1v) is 6.58. The largest absolute Gasteiger partial charge is 0.491 e. The summed E-state index contributed by atoms with van der Waals surface area (Å²) in [6, 6.07) is 15.2. The van der Waals surface area contributed by atoms with E-state index in [1.54, 1.807) is 0 Å². The van der Waals surface area contributed by atoms with Crippen molar-refractivity contribution in [2.24, 2.45) is 0 Å². The highest BCUT2D eigenvalue weighted by molar-refractivity contribution is 6.02. The molecule has 2 aromatic carbocycles. The minimum atomic E-state index is -0.609. The second kappa shape index (κ2) is 4.59. The Bertz CT molecular complexity index is 971. The molecule has 4 aromatic rings. The van der Waals surface area contributed by atoms with E-state index in [-0.39, 0.29) is 0 Å². The van der Waals surface area contributed by atoms with Crippen LogP contribution in [0.4, 0.5) is 5.95 Å². The summed E-state index contributed by atoms with van der Waals surface area (Å²) >= 11 is 0. The zero-order chi connectivity index (χ0) is 15.1. The van der Waals surface area contributed by atoms with Crippen molar-refractivity contribution in [3.05, 3.63) is 65.0 Å². The number of benzene rings is 2. The van der Waals surface area contributed by atoms with E-state index < -0.39 is 10.9 Å². The molecule has 0 amide bonds. The van der Waals surface area contributed by atoms with Crippen molar-refractivity contribution in [3.63, 3.8) is 0 Å². The summed E-state index contributed by atoms with van der Waals surface area (Å²) in [7, 11) is 0. The molecule has 0 aliphatic carbocycles. The van der Waals surface area contributed by atoms with E-state index in [0.29, 0.717) is 0 Å². The maximum absolute atomic E-state index is 10.8. The minimum absolute atomic E-state index is 0.426. The molecule has 0 unspecified atom stereocenters. The molecule has 106 valence electrons. The number of aromatic nitrogens is 4. The smallest absolute Gasteiger partial charge is 0.390 e. The van der Waals surface area contributed by atoms with Crippen LogP contribution >= 0.6 is 0 Å². The predicted octanol–water partition coefficient (Wildman–Crippen LogP) is 2.88. The van der Waals surface area contributed by atoms with Gasteiger partial charge in [0, 0.05) is 15.9 Å². The number of hydrogen-bond acceptors (Lipinski definition) is 5. The maximum Gasteiger partial charge on any atom is 0.491 e. The standard InChI is InChI=1S/C15H9N5O2/c21-20(22)15-16-9-19(18-15)14-10-5-1-3-7-12(10)17-13-8-4-2-6-11(13)14/h1-9H. The first kappa shape index (κ1) is 12.4. The van der Waals surface area contributed by atoms with Gasteiger partial charge in [-0.05, 0) is 17.1 Å². The van der Waals surface area contributed by atoms with Crippen LogP contribution in [0.1, 0.15) is 0 Å². The summed E-state index contributed by atoms with van der Waals surface area (Å²) in [4.78, 5) is 18.6. The number of hydrogen-bond donors (Lipinski definition) is 0. The average molecular weight is 291 g/mol. The lowest BCUT2D eigenvalue weighted by molar-refractivity contribution is -0.394. The van der Waals surface area contributed by atoms with Crippen molar-refractivity contribution in [1.82, 2.24) is 19.7 Å². The molecule has 2 aromatic heterocycles. The quantitative estimate of drug-likeness (QED) is 0.322. The van der Waals surface area contributed by atoms with Gasteiger partial charge in [-0.1, -0.05) is 41.4 Å². The van der Waals surface area contributed by atoms with E-state index in [1.165, 1.54) is 11.0 Å². The number of nitro groups is 1. The van der Waals surface area contributed by atoms with Crippen LogP contribution in [0.25, 0.3) is 27.5 Å². The molecule has 7 nitrogen and oxygen atoms in total. The van der Waals surface area contributed by atoms with Gasteiger partial charge >= 0.3 is 5.95 Å². The summed E-state index contributed by atoms with van der Waals surface area (Å²) < 4.78 is 1.44. The van der Waals surface area contributed by atoms with Crippen LogP contribution in [0, 0.1) is 10.1 Å². The molecule has 22 heavy (non-hydrogen) atoms. The molecule has 4 rings (SSSR count). The number of pyridine rings is 1. The highest BCUT2D eigenvalue weighted by Gasteiger charge is 2.18. The van der Waals surface area contributed by atoms with Crippen LogP contribution in [-0.2, 0) is 0 Å². The Kier molecular flexibility index (Phi) is 2.59. The van der Waals surface area contributed by atoms with Crippen LogP contribution in [0.5, 0.6) is 0 Å². The highest BCUT2D eigenvalue weighted by Crippen LogP contribution is 2.28. The van der Waals surface area contributed by atoms with Gasteiger partial charge in [-0.25, -0.2) is 4.98 Å². The SMILES string of the molecule is O=[N+]([O-])c1ncn(-c2c3ccccc3nc3ccccc23)n1. The first-order chi connectivity index (χ1) is 10.7. The van der Waals surface area contributed by atoms with Crippen molar-refractivity contribution < 1.29 is 4.92 Å². The average Bonchev–Trinajstić information content (AvgIpc) is 3.02. The van der Waals surface area contributed by atoms with Gasteiger partial charge in [0.1, 0.15) is 5.69 Å². The molecule has 0 atom stereocenters. The minimum Gasteiger partial charge on any atom is -0.390 e. The maximum atomic E-state index is 10.8. The van der Waals surface area contributed by atoms with Gasteiger partial charge in [0.25, 0.3) is 0 Å². The third kappa shape index (κ3) is 1.80. The molecule has 0 spiro atoms. The third-order valence-corrected chi connectivity index (χ3v) is 3.43. The van der Waals surface area contributed by atoms with Gasteiger partial charge < -0.3 is 10.1 Å². The van der Waals surface area contributed by atoms with Gasteiger partial charge in [0.15, 0.2) is 0 Å². The summed E-state index contributed by atoms with van der Waals surface area (Å²) in [5.41, 5.74) is 2.34. The summed E-state index contributed by atoms with van der Waals surface area (Å²) in [5, 5.41) is 16.5. The fourth-order valence-corrected chi connectivity index (χ4v) is 2.51. The summed E-state index contributed by atoms with van der Waals surface area (Å²) in [6.07, 6.45) is 1.35. The number of para-hydroxylation sites is 2. The zero-order valence-electron chi connectivity index (χ0n) is 11.2. The number of fused-ring (bicyclic) bond motifs is 2. The van der Waals surface area contributed by atoms with E-state index in [0.717, 1.165) is 27.5 Å². The Labute approximate surface area is 124 Å². The van der Waals surface area contributed by atoms with Crippen molar-refractivity contribution >= 4 is 27.8 Å². The fourth-order valence-electron chi connectivity index (χ4n) is 2.51. The van der Waals surface area contributed by atoms with Gasteiger partial charge in [0.05, 0.1) is 11.0 Å². The monoisotopic (exact) mass is 291 g/mol. The Hall–Kier alpha value is -3.35. The lowest BCUT2D eigenvalue weighted by atomic mass is 10.1. The van der Waals surface area contributed by atoms with E-state index >= 15 is 0 Å². The van der Waals surface area contributed by atoms with Crippen LogP contribution in [0.2, 0.25) is 0 Å². The highest BCUT2D eigenvalue weighted by atomic mass is 16.6. The Morgan fingerprint density at radius 3 is 2.09 bits per heavy atom. The second-order valence-corrected chi connectivity index (χ2v) is 4.74. The fraction of sp³-hybridized carbons (Fsp3) is 0. The Morgan fingerprint density at radius 1 is 0.955 bits per heavy atom. The lowest BCUT2D eigenvalue weighted by Gasteiger charge is -2.08. The van der Waals surface area contributed by atoms with Gasteiger partial charge in [-0.15, -0.1) is 4.68 Å². The molecule has 0 aliphatic rings. The molecule has 0 bridgehead atoms. The van der Waals surface area contributed by atoms with Gasteiger partial charge in [0.2, 0.25) is 6.33 Å². The molecule has 7 heteroatoms. The molecule has 0 fully saturated rings. The van der Waals surface area contributed by atoms with Crippen molar-refractivity contribution in [3.8, 4) is 5.69 Å². The van der Waals surface area contributed by atoms with Crippen LogP contribution in [0.15, 0.2) is 54.9 Å². The first-order valence-electron chi connectivity index (χ1n) is 6.58. The molecule has 0 saturated carbocycles. The molecule has 2 heterocycles. The molecule has 0 N–H and O–H groups in total. The summed E-state index contributed by atoms with van der Waals surface area (Å²) in [5.74, 6) is -0.426. The van der Waals surface area contributed by atoms with Gasteiger partial charge in [-0.2, -0.15) is 0 Å². The van der Waals surface area contributed by atoms with Crippen molar-refractivity contribution in [2.45, 2.75) is 0 Å². The van der Waals surface area contributed by atoms with Crippen LogP contribution in [0.3, 0.4) is 0 Å². The zero-order valence-corrected chi connectivity index (χ0v) is 11.2. The molecular formula is C15H9N5O2. The van der Waals surface area contributed by atoms with E-state index in [2.05, 4.69) is 15.1 Å². The molecule has 0 saturated heterocycles. The molecule has 0 aliphatic heterocycles. The van der Waals surface area contributed by atoms with E-state index in [9.17, 15) is 10.1 Å². The van der Waals surface area contributed by atoms with Crippen LogP contribution < -0.4 is 0 Å². The second-order valence-electron chi connectivity index (χ2n) is 4.74. The Morgan fingerprint density at radius 2 is 1.55 bits per heavy atom. The predicted molar refractivity (Wildman–Crippen MR) is 80.8 cm³/mol. The van der Waals surface area contributed by atoms with E-state index in [1.807, 2.05) is 48.5 Å². The van der Waals surface area contributed by atoms with Crippen molar-refractivity contribution in [2.75, 3.05) is 0 Å². The lowest BCUT2D eigenvalue weighted by Crippen LogP contribution is -2.00. The number of rotatable bonds is 2. The topological polar surface area (TPSA) is 86.7 Å². The number of nitrogens with zero attached hydrogens (tertiary/aromatic N) is 5. The summed E-state index contributed by atoms with van der Waals surface area (Å²) in [6.45, 7) is 0.